The van der Waals surface area contributed by atoms with Crippen molar-refractivity contribution in [3.05, 3.63) is 46.8 Å². The Balaban J connectivity index is 1.73. The van der Waals surface area contributed by atoms with E-state index in [-0.39, 0.29) is 4.90 Å². The van der Waals surface area contributed by atoms with Crippen molar-refractivity contribution < 1.29 is 31.1 Å². The maximum atomic E-state index is 14.1. The maximum absolute atomic E-state index is 14.1. The summed E-state index contributed by atoms with van der Waals surface area (Å²) in [4.78, 5) is 2.68. The molecule has 1 aromatic heterocycles. The normalized spacial score (nSPS) is 15.4. The number of aromatic amines is 1. The van der Waals surface area contributed by atoms with Crippen LogP contribution in [0.4, 0.5) is 18.9 Å². The number of hydrogen-bond donors (Lipinski definition) is 2. The molecule has 26 heavy (non-hydrogen) atoms. The lowest BCUT2D eigenvalue weighted by atomic mass is 10.2. The molecule has 0 aliphatic carbocycles. The predicted octanol–water partition coefficient (Wildman–Crippen LogP) is 4.19. The van der Waals surface area contributed by atoms with Crippen LogP contribution in [0.2, 0.25) is 0 Å². The van der Waals surface area contributed by atoms with Crippen molar-refractivity contribution in [2.24, 2.45) is 0 Å². The topological polar surface area (TPSA) is 80.4 Å². The second kappa shape index (κ2) is 5.55. The third-order valence-corrected chi connectivity index (χ3v) is 5.53. The molecule has 0 radical (unpaired) electrons. The van der Waals surface area contributed by atoms with E-state index in [1.165, 1.54) is 6.20 Å². The number of anilines is 1. The average molecular weight is 449 g/mol. The largest absolute Gasteiger partial charge is 0.586 e. The molecule has 2 N–H and O–H groups in total. The lowest BCUT2D eigenvalue weighted by molar-refractivity contribution is -0.286. The zero-order valence-electron chi connectivity index (χ0n) is 12.5. The molecule has 11 heteroatoms. The van der Waals surface area contributed by atoms with Crippen LogP contribution in [0.15, 0.2) is 45.9 Å². The lowest BCUT2D eigenvalue weighted by Gasteiger charge is -2.09. The zero-order valence-corrected chi connectivity index (χ0v) is 14.9. The Kier molecular flexibility index (Phi) is 3.63. The molecule has 0 saturated carbocycles. The first kappa shape index (κ1) is 17.0. The number of hydrogen-bond acceptors (Lipinski definition) is 4. The quantitative estimate of drug-likeness (QED) is 0.629. The van der Waals surface area contributed by atoms with Crippen LogP contribution in [0, 0.1) is 5.82 Å². The fraction of sp³-hybridized carbons (Fsp3) is 0.0667. The molecule has 0 bridgehead atoms. The van der Waals surface area contributed by atoms with Crippen LogP contribution in [-0.4, -0.2) is 19.7 Å². The van der Waals surface area contributed by atoms with Crippen molar-refractivity contribution in [3.63, 3.8) is 0 Å². The van der Waals surface area contributed by atoms with Gasteiger partial charge in [-0.15, -0.1) is 8.78 Å². The summed E-state index contributed by atoms with van der Waals surface area (Å²) in [7, 11) is -4.20. The number of aromatic nitrogens is 1. The van der Waals surface area contributed by atoms with Gasteiger partial charge >= 0.3 is 6.29 Å². The second-order valence-corrected chi connectivity index (χ2v) is 7.96. The Morgan fingerprint density at radius 1 is 1.12 bits per heavy atom. The first-order chi connectivity index (χ1) is 12.1. The Morgan fingerprint density at radius 3 is 2.54 bits per heavy atom. The van der Waals surface area contributed by atoms with Crippen LogP contribution >= 0.6 is 15.9 Å². The molecule has 2 heterocycles. The second-order valence-electron chi connectivity index (χ2n) is 5.39. The van der Waals surface area contributed by atoms with Gasteiger partial charge in [-0.25, -0.2) is 12.8 Å². The predicted molar refractivity (Wildman–Crippen MR) is 89.4 cm³/mol. The van der Waals surface area contributed by atoms with Gasteiger partial charge in [0.25, 0.3) is 10.0 Å². The minimum absolute atomic E-state index is 0.123. The summed E-state index contributed by atoms with van der Waals surface area (Å²) >= 11 is 3.27. The number of nitrogens with one attached hydrogen (secondary N) is 2. The van der Waals surface area contributed by atoms with E-state index >= 15 is 0 Å². The van der Waals surface area contributed by atoms with E-state index in [0.29, 0.717) is 17.0 Å². The van der Waals surface area contributed by atoms with Gasteiger partial charge in [-0.1, -0.05) is 22.0 Å². The number of H-pyrrole nitrogens is 1. The van der Waals surface area contributed by atoms with Crippen molar-refractivity contribution in [2.45, 2.75) is 11.2 Å². The average Bonchev–Trinajstić information content (AvgIpc) is 3.06. The molecule has 0 saturated heterocycles. The van der Waals surface area contributed by atoms with Crippen LogP contribution in [0.3, 0.4) is 0 Å². The van der Waals surface area contributed by atoms with Crippen LogP contribution in [0.1, 0.15) is 0 Å². The SMILES string of the molecule is O=S(=O)(Nc1cc2c(cc1F)OC(F)(F)O2)c1c[nH]c2cc(Br)ccc12. The highest BCUT2D eigenvalue weighted by atomic mass is 79.9. The first-order valence-corrected chi connectivity index (χ1v) is 9.31. The lowest BCUT2D eigenvalue weighted by Crippen LogP contribution is -2.25. The molecule has 2 aromatic carbocycles. The molecular formula is C15H8BrF3N2O4S. The molecule has 1 aliphatic heterocycles. The van der Waals surface area contributed by atoms with Gasteiger partial charge in [-0.3, -0.25) is 4.72 Å². The summed E-state index contributed by atoms with van der Waals surface area (Å²) in [5, 5.41) is 0.383. The molecule has 4 rings (SSSR count). The standard InChI is InChI=1S/C15H8BrF3N2O4S/c16-7-1-2-8-10(3-7)20-6-14(8)26(22,23)21-11-5-13-12(4-9(11)17)24-15(18,19)25-13/h1-6,20-21H. The van der Waals surface area contributed by atoms with Crippen LogP contribution in [0.25, 0.3) is 10.9 Å². The number of benzene rings is 2. The van der Waals surface area contributed by atoms with E-state index in [4.69, 9.17) is 0 Å². The van der Waals surface area contributed by atoms with Crippen molar-refractivity contribution in [1.29, 1.82) is 0 Å². The summed E-state index contributed by atoms with van der Waals surface area (Å²) in [5.41, 5.74) is 0.00191. The number of sulfonamides is 1. The summed E-state index contributed by atoms with van der Waals surface area (Å²) in [6.07, 6.45) is -2.69. The Morgan fingerprint density at radius 2 is 1.81 bits per heavy atom. The number of fused-ring (bicyclic) bond motifs is 2. The number of ether oxygens (including phenoxy) is 2. The van der Waals surface area contributed by atoms with Gasteiger partial charge in [-0.05, 0) is 12.1 Å². The highest BCUT2D eigenvalue weighted by Gasteiger charge is 2.44. The smallest absolute Gasteiger partial charge is 0.395 e. The number of rotatable bonds is 3. The van der Waals surface area contributed by atoms with Crippen molar-refractivity contribution >= 4 is 42.5 Å². The Labute approximate surface area is 153 Å². The number of alkyl halides is 2. The summed E-state index contributed by atoms with van der Waals surface area (Å²) in [6.45, 7) is 0. The van der Waals surface area contributed by atoms with Crippen molar-refractivity contribution in [2.75, 3.05) is 4.72 Å². The number of halogens is 4. The molecule has 6 nitrogen and oxygen atoms in total. The molecule has 0 unspecified atom stereocenters. The van der Waals surface area contributed by atoms with Gasteiger partial charge in [0.1, 0.15) is 4.90 Å². The van der Waals surface area contributed by atoms with E-state index in [1.807, 2.05) is 4.72 Å². The van der Waals surface area contributed by atoms with Gasteiger partial charge in [0, 0.05) is 33.7 Å². The molecule has 0 fully saturated rings. The molecule has 1 aliphatic rings. The molecule has 3 aromatic rings. The monoisotopic (exact) mass is 448 g/mol. The minimum Gasteiger partial charge on any atom is -0.395 e. The summed E-state index contributed by atoms with van der Waals surface area (Å²) < 4.78 is 76.6. The fourth-order valence-corrected chi connectivity index (χ4v) is 4.14. The molecule has 136 valence electrons. The van der Waals surface area contributed by atoms with Gasteiger partial charge in [-0.2, -0.15) is 0 Å². The van der Waals surface area contributed by atoms with Gasteiger partial charge < -0.3 is 14.5 Å². The van der Waals surface area contributed by atoms with Gasteiger partial charge in [0.15, 0.2) is 17.3 Å². The van der Waals surface area contributed by atoms with Gasteiger partial charge in [0.2, 0.25) is 0 Å². The Bertz CT molecular complexity index is 1150. The minimum atomic E-state index is -4.20. The van der Waals surface area contributed by atoms with E-state index in [1.54, 1.807) is 18.2 Å². The van der Waals surface area contributed by atoms with Crippen molar-refractivity contribution in [1.82, 2.24) is 4.98 Å². The molecule has 0 atom stereocenters. The van der Waals surface area contributed by atoms with E-state index < -0.39 is 39.3 Å². The highest BCUT2D eigenvalue weighted by molar-refractivity contribution is 9.10. The van der Waals surface area contributed by atoms with Crippen LogP contribution in [0.5, 0.6) is 11.5 Å². The zero-order chi connectivity index (χ0) is 18.7. The first-order valence-electron chi connectivity index (χ1n) is 7.03. The molecule has 0 amide bonds. The third kappa shape index (κ3) is 2.86. The molecule has 0 spiro atoms. The van der Waals surface area contributed by atoms with E-state index in [2.05, 4.69) is 30.4 Å². The Hall–Kier alpha value is -2.40. The van der Waals surface area contributed by atoms with Gasteiger partial charge in [0.05, 0.1) is 5.69 Å². The van der Waals surface area contributed by atoms with E-state index in [9.17, 15) is 21.6 Å². The fourth-order valence-electron chi connectivity index (χ4n) is 2.54. The summed E-state index contributed by atoms with van der Waals surface area (Å²) in [6, 6.07) is 6.33. The van der Waals surface area contributed by atoms with E-state index in [0.717, 1.165) is 10.5 Å². The third-order valence-electron chi connectivity index (χ3n) is 3.63. The summed E-state index contributed by atoms with van der Waals surface area (Å²) in [5.74, 6) is -2.08. The highest BCUT2D eigenvalue weighted by Crippen LogP contribution is 2.43. The van der Waals surface area contributed by atoms with Crippen LogP contribution in [-0.2, 0) is 10.0 Å². The molecular weight excluding hydrogens is 441 g/mol. The van der Waals surface area contributed by atoms with Crippen molar-refractivity contribution in [3.8, 4) is 11.5 Å². The van der Waals surface area contributed by atoms with Crippen LogP contribution < -0.4 is 14.2 Å². The maximum Gasteiger partial charge on any atom is 0.586 e.